The van der Waals surface area contributed by atoms with Crippen LogP contribution in [0.1, 0.15) is 60.8 Å². The number of hydrogen-bond acceptors (Lipinski definition) is 3. The Kier molecular flexibility index (Phi) is 7.77. The molecular formula is C25H31NO3. The van der Waals surface area contributed by atoms with Crippen LogP contribution in [0.5, 0.6) is 5.75 Å². The number of ketones is 1. The van der Waals surface area contributed by atoms with Crippen molar-refractivity contribution in [3.8, 4) is 5.75 Å². The highest BCUT2D eigenvalue weighted by Crippen LogP contribution is 2.30. The summed E-state index contributed by atoms with van der Waals surface area (Å²) >= 11 is 0. The fourth-order valence-corrected chi connectivity index (χ4v) is 3.15. The summed E-state index contributed by atoms with van der Waals surface area (Å²) in [5, 5.41) is 0.882. The molecule has 2 aromatic carbocycles. The summed E-state index contributed by atoms with van der Waals surface area (Å²) < 4.78 is 7.00. The molecule has 0 saturated carbocycles. The number of hydrogen-bond donors (Lipinski definition) is 0. The molecule has 0 atom stereocenters. The summed E-state index contributed by atoms with van der Waals surface area (Å²) in [6.07, 6.45) is 2.93. The Morgan fingerprint density at radius 2 is 1.59 bits per heavy atom. The van der Waals surface area contributed by atoms with E-state index in [0.717, 1.165) is 27.7 Å². The molecule has 0 radical (unpaired) electrons. The van der Waals surface area contributed by atoms with Crippen molar-refractivity contribution in [2.75, 3.05) is 7.11 Å². The number of carbonyl (C=O) groups excluding carboxylic acids is 2. The van der Waals surface area contributed by atoms with E-state index in [9.17, 15) is 9.59 Å². The van der Waals surface area contributed by atoms with E-state index in [-0.39, 0.29) is 11.7 Å². The van der Waals surface area contributed by atoms with Crippen molar-refractivity contribution in [1.82, 2.24) is 4.57 Å². The van der Waals surface area contributed by atoms with Crippen LogP contribution in [0.2, 0.25) is 0 Å². The lowest BCUT2D eigenvalue weighted by atomic mass is 10.1. The molecule has 4 nitrogen and oxygen atoms in total. The van der Waals surface area contributed by atoms with E-state index in [1.807, 2.05) is 56.3 Å². The molecule has 0 amide bonds. The standard InChI is InChI=1S/C21H21NO3.C4H10/c1-13-5-7-16(8-6-13)21(24)22-15(3)18(11-14(2)23)19-12-17(25-4)9-10-20(19)22;1-3-4-2/h5-10,12H,11H2,1-4H3;3-4H2,1-2H3. The smallest absolute Gasteiger partial charge is 0.262 e. The lowest BCUT2D eigenvalue weighted by Crippen LogP contribution is -2.14. The number of Topliss-reactive ketones (excluding diaryl/α,β-unsaturated/α-hetero) is 1. The molecule has 0 aliphatic carbocycles. The van der Waals surface area contributed by atoms with Crippen molar-refractivity contribution in [1.29, 1.82) is 0 Å². The van der Waals surface area contributed by atoms with E-state index in [2.05, 4.69) is 13.8 Å². The lowest BCUT2D eigenvalue weighted by Gasteiger charge is -2.08. The third-order valence-electron chi connectivity index (χ3n) is 4.97. The number of unbranched alkanes of at least 4 members (excludes halogenated alkanes) is 1. The van der Waals surface area contributed by atoms with Crippen LogP contribution < -0.4 is 4.74 Å². The summed E-state index contributed by atoms with van der Waals surface area (Å²) in [4.78, 5) is 24.8. The van der Waals surface area contributed by atoms with E-state index < -0.39 is 0 Å². The highest BCUT2D eigenvalue weighted by molar-refractivity contribution is 6.05. The van der Waals surface area contributed by atoms with Crippen LogP contribution >= 0.6 is 0 Å². The van der Waals surface area contributed by atoms with Crippen molar-refractivity contribution in [3.05, 3.63) is 64.8 Å². The molecule has 0 N–H and O–H groups in total. The second kappa shape index (κ2) is 10.1. The molecule has 0 unspecified atom stereocenters. The summed E-state index contributed by atoms with van der Waals surface area (Å²) in [7, 11) is 1.60. The van der Waals surface area contributed by atoms with Gasteiger partial charge in [0, 0.05) is 23.1 Å². The van der Waals surface area contributed by atoms with Crippen molar-refractivity contribution < 1.29 is 14.3 Å². The SMILES string of the molecule is CCCC.COc1ccc2c(c1)c(CC(C)=O)c(C)n2C(=O)c1ccc(C)cc1. The zero-order chi connectivity index (χ0) is 21.6. The van der Waals surface area contributed by atoms with Gasteiger partial charge in [-0.2, -0.15) is 0 Å². The van der Waals surface area contributed by atoms with Crippen LogP contribution in [-0.4, -0.2) is 23.4 Å². The number of carbonyl (C=O) groups is 2. The summed E-state index contributed by atoms with van der Waals surface area (Å²) in [6.45, 7) is 9.79. The Balaban J connectivity index is 0.000000687. The first-order valence-electron chi connectivity index (χ1n) is 10.1. The van der Waals surface area contributed by atoms with Gasteiger partial charge in [0.05, 0.1) is 12.6 Å². The maximum absolute atomic E-state index is 13.1. The van der Waals surface area contributed by atoms with Crippen molar-refractivity contribution in [3.63, 3.8) is 0 Å². The first-order chi connectivity index (χ1) is 13.8. The van der Waals surface area contributed by atoms with E-state index in [0.29, 0.717) is 17.7 Å². The molecule has 0 fully saturated rings. The van der Waals surface area contributed by atoms with Crippen LogP contribution in [0.4, 0.5) is 0 Å². The Labute approximate surface area is 173 Å². The number of ether oxygens (including phenoxy) is 1. The molecular weight excluding hydrogens is 362 g/mol. The Morgan fingerprint density at radius 1 is 0.966 bits per heavy atom. The summed E-state index contributed by atoms with van der Waals surface area (Å²) in [5.41, 5.74) is 4.19. The van der Waals surface area contributed by atoms with Crippen molar-refractivity contribution in [2.24, 2.45) is 0 Å². The predicted molar refractivity (Wildman–Crippen MR) is 119 cm³/mol. The van der Waals surface area contributed by atoms with Gasteiger partial charge in [0.25, 0.3) is 5.91 Å². The molecule has 3 rings (SSSR count). The van der Waals surface area contributed by atoms with E-state index in [4.69, 9.17) is 4.74 Å². The summed E-state index contributed by atoms with van der Waals surface area (Å²) in [5.74, 6) is 0.674. The topological polar surface area (TPSA) is 48.3 Å². The fraction of sp³-hybridized carbons (Fsp3) is 0.360. The molecule has 3 aromatic rings. The third-order valence-corrected chi connectivity index (χ3v) is 4.97. The maximum atomic E-state index is 13.1. The average Bonchev–Trinajstić information content (AvgIpc) is 2.98. The van der Waals surface area contributed by atoms with Gasteiger partial charge >= 0.3 is 0 Å². The lowest BCUT2D eigenvalue weighted by molar-refractivity contribution is -0.116. The normalized spacial score (nSPS) is 10.4. The number of nitrogens with zero attached hydrogens (tertiary/aromatic N) is 1. The molecule has 29 heavy (non-hydrogen) atoms. The van der Waals surface area contributed by atoms with Crippen molar-refractivity contribution in [2.45, 2.75) is 53.9 Å². The first kappa shape index (κ1) is 22.4. The van der Waals surface area contributed by atoms with E-state index in [1.165, 1.54) is 12.8 Å². The molecule has 154 valence electrons. The minimum absolute atomic E-state index is 0.0627. The predicted octanol–water partition coefficient (Wildman–Crippen LogP) is 5.89. The highest BCUT2D eigenvalue weighted by atomic mass is 16.5. The van der Waals surface area contributed by atoms with Gasteiger partial charge in [0.15, 0.2) is 0 Å². The molecule has 0 spiro atoms. The average molecular weight is 394 g/mol. The van der Waals surface area contributed by atoms with Crippen LogP contribution in [0.3, 0.4) is 0 Å². The Bertz CT molecular complexity index is 995. The van der Waals surface area contributed by atoms with Gasteiger partial charge in [-0.25, -0.2) is 0 Å². The van der Waals surface area contributed by atoms with Gasteiger partial charge in [0.1, 0.15) is 11.5 Å². The minimum atomic E-state index is -0.0949. The van der Waals surface area contributed by atoms with Gasteiger partial charge < -0.3 is 4.74 Å². The number of benzene rings is 2. The summed E-state index contributed by atoms with van der Waals surface area (Å²) in [6, 6.07) is 13.1. The monoisotopic (exact) mass is 393 g/mol. The van der Waals surface area contributed by atoms with Gasteiger partial charge in [0.2, 0.25) is 0 Å². The fourth-order valence-electron chi connectivity index (χ4n) is 3.15. The van der Waals surface area contributed by atoms with Gasteiger partial charge in [-0.1, -0.05) is 44.4 Å². The van der Waals surface area contributed by atoms with Crippen LogP contribution in [0, 0.1) is 13.8 Å². The van der Waals surface area contributed by atoms with Crippen LogP contribution in [-0.2, 0) is 11.2 Å². The number of aryl methyl sites for hydroxylation is 1. The Morgan fingerprint density at radius 3 is 2.10 bits per heavy atom. The van der Waals surface area contributed by atoms with Gasteiger partial charge in [-0.15, -0.1) is 0 Å². The quantitative estimate of drug-likeness (QED) is 0.543. The number of rotatable bonds is 5. The molecule has 4 heteroatoms. The van der Waals surface area contributed by atoms with E-state index in [1.54, 1.807) is 18.6 Å². The molecule has 1 aromatic heterocycles. The molecule has 0 bridgehead atoms. The van der Waals surface area contributed by atoms with Gasteiger partial charge in [-0.3, -0.25) is 14.2 Å². The molecule has 0 aliphatic rings. The first-order valence-corrected chi connectivity index (χ1v) is 10.1. The zero-order valence-electron chi connectivity index (χ0n) is 18.3. The number of aromatic nitrogens is 1. The molecule has 0 saturated heterocycles. The largest absolute Gasteiger partial charge is 0.497 e. The molecule has 1 heterocycles. The van der Waals surface area contributed by atoms with Crippen LogP contribution in [0.25, 0.3) is 10.9 Å². The minimum Gasteiger partial charge on any atom is -0.497 e. The van der Waals surface area contributed by atoms with Crippen LogP contribution in [0.15, 0.2) is 42.5 Å². The second-order valence-electron chi connectivity index (χ2n) is 7.33. The van der Waals surface area contributed by atoms with Crippen molar-refractivity contribution >= 4 is 22.6 Å². The van der Waals surface area contributed by atoms with Gasteiger partial charge in [-0.05, 0) is 56.7 Å². The maximum Gasteiger partial charge on any atom is 0.262 e. The highest BCUT2D eigenvalue weighted by Gasteiger charge is 2.21. The third kappa shape index (κ3) is 5.14. The second-order valence-corrected chi connectivity index (χ2v) is 7.33. The number of methoxy groups -OCH3 is 1. The Hall–Kier alpha value is -2.88. The number of fused-ring (bicyclic) bond motifs is 1. The zero-order valence-corrected chi connectivity index (χ0v) is 18.3. The van der Waals surface area contributed by atoms with E-state index >= 15 is 0 Å². The molecule has 0 aliphatic heterocycles.